The molecule has 1 rings (SSSR count). The third-order valence-corrected chi connectivity index (χ3v) is 2.01. The zero-order chi connectivity index (χ0) is 14.4. The topological polar surface area (TPSA) is 58.2 Å². The van der Waals surface area contributed by atoms with Crippen molar-refractivity contribution in [3.05, 3.63) is 18.7 Å². The number of halogens is 4. The lowest BCUT2D eigenvalue weighted by Crippen LogP contribution is -2.23. The van der Waals surface area contributed by atoms with Gasteiger partial charge in [0.2, 0.25) is 6.33 Å². The molecule has 0 aliphatic carbocycles. The van der Waals surface area contributed by atoms with E-state index in [0.29, 0.717) is 0 Å². The normalized spacial score (nSPS) is 14.6. The van der Waals surface area contributed by atoms with Crippen molar-refractivity contribution in [1.29, 1.82) is 0 Å². The molecule has 0 aromatic carbocycles. The van der Waals surface area contributed by atoms with Crippen LogP contribution in [0.1, 0.15) is 6.92 Å². The standard InChI is InChI=1S/C6H11N2.C2H3F4O3P/c1-3-8-5-4-7(2)6-8;3-2(4,5)1-9-10(6,7)8/h4-6H,3H2,1-2H3;1H2,(H,7,8)/q+1;/p-1. The number of nitrogens with zero attached hydrogens (tertiary/aromatic N) is 2. The molecule has 0 aliphatic rings. The monoisotopic (exact) mass is 292 g/mol. The number of rotatable bonds is 3. The minimum absolute atomic E-state index is 1.06. The number of hydrogen-bond acceptors (Lipinski definition) is 3. The molecule has 18 heavy (non-hydrogen) atoms. The second-order valence-electron chi connectivity index (χ2n) is 3.23. The van der Waals surface area contributed by atoms with Crippen molar-refractivity contribution in [3.8, 4) is 0 Å². The second-order valence-corrected chi connectivity index (χ2v) is 4.35. The maximum Gasteiger partial charge on any atom is 0.412 e. The molecule has 0 aliphatic heterocycles. The third-order valence-electron chi connectivity index (χ3n) is 1.57. The fourth-order valence-corrected chi connectivity index (χ4v) is 1.14. The van der Waals surface area contributed by atoms with Crippen LogP contribution in [0, 0.1) is 0 Å². The molecule has 1 aromatic heterocycles. The summed E-state index contributed by atoms with van der Waals surface area (Å²) in [7, 11) is -3.71. The van der Waals surface area contributed by atoms with Crippen LogP contribution in [-0.4, -0.2) is 17.4 Å². The predicted octanol–water partition coefficient (Wildman–Crippen LogP) is 1.34. The van der Waals surface area contributed by atoms with Crippen molar-refractivity contribution in [2.45, 2.75) is 19.6 Å². The van der Waals surface area contributed by atoms with Gasteiger partial charge in [-0.3, -0.25) is 4.57 Å². The third kappa shape index (κ3) is 10.2. The van der Waals surface area contributed by atoms with Crippen LogP contribution in [0.15, 0.2) is 18.7 Å². The van der Waals surface area contributed by atoms with Gasteiger partial charge in [0.1, 0.15) is 12.4 Å². The summed E-state index contributed by atoms with van der Waals surface area (Å²) in [6.45, 7) is 1.06. The van der Waals surface area contributed by atoms with Gasteiger partial charge in [-0.15, -0.1) is 0 Å². The van der Waals surface area contributed by atoms with Gasteiger partial charge in [-0.1, -0.05) is 0 Å². The first-order valence-electron chi connectivity index (χ1n) is 4.76. The smallest absolute Gasteiger partial charge is 0.412 e. The van der Waals surface area contributed by atoms with E-state index >= 15 is 0 Å². The first-order chi connectivity index (χ1) is 8.03. The van der Waals surface area contributed by atoms with Crippen LogP contribution in [0.4, 0.5) is 17.4 Å². The van der Waals surface area contributed by atoms with Gasteiger partial charge in [0.05, 0.1) is 13.6 Å². The molecule has 0 saturated heterocycles. The molecule has 0 radical (unpaired) electrons. The van der Waals surface area contributed by atoms with Gasteiger partial charge in [-0.25, -0.2) is 9.13 Å². The SMILES string of the molecule is CCn1cc[n+](C)c1.O=P([O-])(F)OCC(F)(F)F. The van der Waals surface area contributed by atoms with Crippen molar-refractivity contribution in [2.24, 2.45) is 7.05 Å². The van der Waals surface area contributed by atoms with Gasteiger partial charge < -0.3 is 9.42 Å². The van der Waals surface area contributed by atoms with E-state index in [1.54, 1.807) is 0 Å². The summed E-state index contributed by atoms with van der Waals surface area (Å²) < 4.78 is 60.6. The summed E-state index contributed by atoms with van der Waals surface area (Å²) in [5.41, 5.74) is 0. The zero-order valence-corrected chi connectivity index (χ0v) is 10.6. The summed E-state index contributed by atoms with van der Waals surface area (Å²) in [6.07, 6.45) is 1.32. The molecule has 1 heterocycles. The van der Waals surface area contributed by atoms with E-state index in [1.807, 2.05) is 17.8 Å². The van der Waals surface area contributed by atoms with E-state index < -0.39 is 20.7 Å². The highest BCUT2D eigenvalue weighted by Crippen LogP contribution is 2.39. The van der Waals surface area contributed by atoms with Crippen LogP contribution in [0.5, 0.6) is 0 Å². The molecular weight excluding hydrogens is 279 g/mol. The highest BCUT2D eigenvalue weighted by molar-refractivity contribution is 7.45. The number of aromatic nitrogens is 2. The molecule has 5 nitrogen and oxygen atoms in total. The number of alkyl halides is 3. The van der Waals surface area contributed by atoms with Gasteiger partial charge in [0.25, 0.3) is 0 Å². The molecule has 0 saturated carbocycles. The molecule has 1 atom stereocenters. The Kier molecular flexibility index (Phi) is 6.51. The summed E-state index contributed by atoms with van der Waals surface area (Å²) in [4.78, 5) is 9.32. The summed E-state index contributed by atoms with van der Waals surface area (Å²) in [6, 6.07) is 0. The molecule has 0 amide bonds. The van der Waals surface area contributed by atoms with Gasteiger partial charge in [-0.2, -0.15) is 17.4 Å². The highest BCUT2D eigenvalue weighted by atomic mass is 31.2. The summed E-state index contributed by atoms with van der Waals surface area (Å²) in [5.74, 6) is 0. The van der Waals surface area contributed by atoms with E-state index in [1.165, 1.54) is 0 Å². The Balaban J connectivity index is 0.000000327. The molecule has 0 spiro atoms. The Hall–Kier alpha value is -0.920. The highest BCUT2D eigenvalue weighted by Gasteiger charge is 2.29. The Labute approximate surface area is 101 Å². The largest absolute Gasteiger partial charge is 0.753 e. The molecular formula is C8H13F4N2O3P. The Morgan fingerprint density at radius 1 is 1.50 bits per heavy atom. The first kappa shape index (κ1) is 17.1. The summed E-state index contributed by atoms with van der Waals surface area (Å²) in [5, 5.41) is 0. The van der Waals surface area contributed by atoms with E-state index in [-0.39, 0.29) is 0 Å². The lowest BCUT2D eigenvalue weighted by atomic mass is 10.7. The molecule has 1 unspecified atom stereocenters. The van der Waals surface area contributed by atoms with Crippen LogP contribution >= 0.6 is 7.91 Å². The Morgan fingerprint density at radius 3 is 2.22 bits per heavy atom. The van der Waals surface area contributed by atoms with Gasteiger partial charge >= 0.3 is 14.1 Å². The van der Waals surface area contributed by atoms with Crippen molar-refractivity contribution in [1.82, 2.24) is 4.57 Å². The summed E-state index contributed by atoms with van der Waals surface area (Å²) >= 11 is 0. The lowest BCUT2D eigenvalue weighted by Gasteiger charge is -2.13. The Bertz CT molecular complexity index is 401. The quantitative estimate of drug-likeness (QED) is 0.480. The minimum Gasteiger partial charge on any atom is -0.753 e. The fourth-order valence-electron chi connectivity index (χ4n) is 0.839. The maximum atomic E-state index is 11.2. The maximum absolute atomic E-state index is 11.2. The predicted molar refractivity (Wildman–Crippen MR) is 52.0 cm³/mol. The molecule has 0 bridgehead atoms. The first-order valence-corrected chi connectivity index (χ1v) is 6.20. The number of aryl methyl sites for hydroxylation is 2. The van der Waals surface area contributed by atoms with Crippen LogP contribution in [0.25, 0.3) is 0 Å². The Morgan fingerprint density at radius 2 is 2.06 bits per heavy atom. The van der Waals surface area contributed by atoms with E-state index in [9.17, 15) is 26.8 Å². The van der Waals surface area contributed by atoms with Crippen molar-refractivity contribution < 1.29 is 35.9 Å². The van der Waals surface area contributed by atoms with Crippen molar-refractivity contribution >= 4 is 7.91 Å². The van der Waals surface area contributed by atoms with Crippen LogP contribution < -0.4 is 9.46 Å². The molecule has 10 heteroatoms. The van der Waals surface area contributed by atoms with Crippen LogP contribution in [0.3, 0.4) is 0 Å². The fraction of sp³-hybridized carbons (Fsp3) is 0.625. The van der Waals surface area contributed by atoms with Crippen molar-refractivity contribution in [3.63, 3.8) is 0 Å². The number of imidazole rings is 1. The minimum atomic E-state index is -5.73. The number of hydrogen-bond donors (Lipinski definition) is 0. The van der Waals surface area contributed by atoms with Gasteiger partial charge in [-0.05, 0) is 6.92 Å². The molecule has 1 aromatic rings. The van der Waals surface area contributed by atoms with Crippen LogP contribution in [0.2, 0.25) is 0 Å². The van der Waals surface area contributed by atoms with E-state index in [4.69, 9.17) is 0 Å². The molecule has 0 fully saturated rings. The average molecular weight is 292 g/mol. The van der Waals surface area contributed by atoms with Gasteiger partial charge in [0.15, 0.2) is 6.61 Å². The zero-order valence-electron chi connectivity index (χ0n) is 9.72. The van der Waals surface area contributed by atoms with E-state index in [2.05, 4.69) is 28.5 Å². The van der Waals surface area contributed by atoms with Crippen LogP contribution in [-0.2, 0) is 22.7 Å². The average Bonchev–Trinajstić information content (AvgIpc) is 2.60. The van der Waals surface area contributed by atoms with Gasteiger partial charge in [0, 0.05) is 0 Å². The molecule has 106 valence electrons. The lowest BCUT2D eigenvalue weighted by molar-refractivity contribution is -0.671. The second kappa shape index (κ2) is 6.86. The molecule has 0 N–H and O–H groups in total. The van der Waals surface area contributed by atoms with E-state index in [0.717, 1.165) is 6.54 Å². The van der Waals surface area contributed by atoms with Crippen molar-refractivity contribution in [2.75, 3.05) is 6.61 Å².